The van der Waals surface area contributed by atoms with Gasteiger partial charge in [-0.25, -0.2) is 4.79 Å². The van der Waals surface area contributed by atoms with Gasteiger partial charge in [0.15, 0.2) is 0 Å². The molecule has 0 aliphatic rings. The predicted octanol–water partition coefficient (Wildman–Crippen LogP) is 1.80. The minimum atomic E-state index is -1.16. The van der Waals surface area contributed by atoms with Gasteiger partial charge < -0.3 is 25.5 Å². The quantitative estimate of drug-likeness (QED) is 0.362. The molecule has 2 atom stereocenters. The summed E-state index contributed by atoms with van der Waals surface area (Å²) in [6, 6.07) is 6.72. The van der Waals surface area contributed by atoms with Crippen LogP contribution >= 0.6 is 0 Å². The summed E-state index contributed by atoms with van der Waals surface area (Å²) in [6.45, 7) is 5.42. The number of carbonyl (C=O) groups is 1. The Kier molecular flexibility index (Phi) is 6.99. The number of oxime groups is 1. The third-order valence-corrected chi connectivity index (χ3v) is 2.98. The number of rotatable bonds is 6. The van der Waals surface area contributed by atoms with E-state index in [1.54, 1.807) is 45.0 Å². The van der Waals surface area contributed by atoms with Crippen molar-refractivity contribution in [1.82, 2.24) is 5.32 Å². The molecule has 128 valence electrons. The first-order chi connectivity index (χ1) is 10.7. The summed E-state index contributed by atoms with van der Waals surface area (Å²) in [5.74, 6) is 0. The third kappa shape index (κ3) is 6.66. The number of alkyl carbamates (subject to hydrolysis) is 1. The molecule has 1 aromatic rings. The van der Waals surface area contributed by atoms with Gasteiger partial charge in [0, 0.05) is 12.1 Å². The lowest BCUT2D eigenvalue weighted by atomic mass is 9.97. The fourth-order valence-corrected chi connectivity index (χ4v) is 1.96. The molecule has 0 aliphatic heterocycles. The Morgan fingerprint density at radius 1 is 1.35 bits per heavy atom. The predicted molar refractivity (Wildman–Crippen MR) is 85.6 cm³/mol. The van der Waals surface area contributed by atoms with E-state index in [1.807, 2.05) is 0 Å². The molecule has 2 unspecified atom stereocenters. The van der Waals surface area contributed by atoms with Crippen molar-refractivity contribution in [1.29, 1.82) is 0 Å². The van der Waals surface area contributed by atoms with Gasteiger partial charge in [0.05, 0.1) is 12.3 Å². The zero-order valence-corrected chi connectivity index (χ0v) is 13.6. The topological polar surface area (TPSA) is 111 Å². The van der Waals surface area contributed by atoms with E-state index in [0.717, 1.165) is 0 Å². The van der Waals surface area contributed by atoms with Gasteiger partial charge in [-0.2, -0.15) is 0 Å². The minimum Gasteiger partial charge on any atom is -0.444 e. The average Bonchev–Trinajstić information content (AvgIpc) is 2.45. The number of ether oxygens (including phenoxy) is 1. The number of hydrogen-bond donors (Lipinski definition) is 4. The Hall–Kier alpha value is -2.12. The molecule has 0 saturated carbocycles. The van der Waals surface area contributed by atoms with Crippen LogP contribution in [0.3, 0.4) is 0 Å². The number of nitrogens with one attached hydrogen (secondary N) is 1. The maximum atomic E-state index is 11.5. The molecular weight excluding hydrogens is 300 g/mol. The number of benzene rings is 1. The highest BCUT2D eigenvalue weighted by Crippen LogP contribution is 2.21. The average molecular weight is 324 g/mol. The molecule has 1 rings (SSSR count). The van der Waals surface area contributed by atoms with E-state index in [9.17, 15) is 15.0 Å². The number of amides is 1. The lowest BCUT2D eigenvalue weighted by molar-refractivity contribution is 0.0122. The van der Waals surface area contributed by atoms with Crippen LogP contribution in [0.15, 0.2) is 29.4 Å². The molecule has 1 aromatic carbocycles. The molecule has 4 N–H and O–H groups in total. The maximum Gasteiger partial charge on any atom is 0.407 e. The second-order valence-electron chi connectivity index (χ2n) is 6.10. The number of hydrogen-bond acceptors (Lipinski definition) is 6. The number of carbonyl (C=O) groups excluding carboxylic acids is 1. The normalized spacial score (nSPS) is 14.5. The van der Waals surface area contributed by atoms with E-state index in [4.69, 9.17) is 9.94 Å². The summed E-state index contributed by atoms with van der Waals surface area (Å²) in [5, 5.41) is 34.3. The molecule has 0 aliphatic carbocycles. The molecule has 0 aromatic heterocycles. The van der Waals surface area contributed by atoms with Crippen molar-refractivity contribution in [3.63, 3.8) is 0 Å². The molecule has 0 saturated heterocycles. The number of nitrogens with zero attached hydrogens (tertiary/aromatic N) is 1. The zero-order valence-electron chi connectivity index (χ0n) is 13.6. The van der Waals surface area contributed by atoms with Crippen LogP contribution in [0.5, 0.6) is 0 Å². The van der Waals surface area contributed by atoms with Crippen molar-refractivity contribution in [2.24, 2.45) is 5.16 Å². The van der Waals surface area contributed by atoms with Gasteiger partial charge in [0.1, 0.15) is 11.7 Å². The Bertz CT molecular complexity index is 540. The lowest BCUT2D eigenvalue weighted by Gasteiger charge is -2.22. The summed E-state index contributed by atoms with van der Waals surface area (Å²) in [6.07, 6.45) is -1.50. The van der Waals surface area contributed by atoms with E-state index in [-0.39, 0.29) is 13.0 Å². The van der Waals surface area contributed by atoms with Crippen molar-refractivity contribution < 1.29 is 25.0 Å². The van der Waals surface area contributed by atoms with Crippen molar-refractivity contribution in [2.45, 2.75) is 45.0 Å². The molecular formula is C16H24N2O5. The van der Waals surface area contributed by atoms with Crippen LogP contribution in [-0.2, 0) is 4.74 Å². The van der Waals surface area contributed by atoms with Crippen LogP contribution in [0.4, 0.5) is 4.79 Å². The fourth-order valence-electron chi connectivity index (χ4n) is 1.96. The summed E-state index contributed by atoms with van der Waals surface area (Å²) in [5.41, 5.74) is 0.349. The lowest BCUT2D eigenvalue weighted by Crippen LogP contribution is -2.34. The zero-order chi connectivity index (χ0) is 17.5. The molecule has 0 fully saturated rings. The Labute approximate surface area is 135 Å². The molecule has 23 heavy (non-hydrogen) atoms. The van der Waals surface area contributed by atoms with Gasteiger partial charge in [0.25, 0.3) is 0 Å². The van der Waals surface area contributed by atoms with E-state index >= 15 is 0 Å². The summed E-state index contributed by atoms with van der Waals surface area (Å²) < 4.78 is 5.08. The van der Waals surface area contributed by atoms with Gasteiger partial charge >= 0.3 is 6.09 Å². The number of aliphatic hydroxyl groups is 2. The van der Waals surface area contributed by atoms with Crippen molar-refractivity contribution in [2.75, 3.05) is 6.54 Å². The molecule has 7 heteroatoms. The maximum absolute atomic E-state index is 11.5. The summed E-state index contributed by atoms with van der Waals surface area (Å²) >= 11 is 0. The molecule has 0 heterocycles. The van der Waals surface area contributed by atoms with E-state index in [2.05, 4.69) is 10.5 Å². The number of aliphatic hydroxyl groups excluding tert-OH is 2. The summed E-state index contributed by atoms with van der Waals surface area (Å²) in [4.78, 5) is 11.5. The fraction of sp³-hybridized carbons (Fsp3) is 0.500. The van der Waals surface area contributed by atoms with Gasteiger partial charge in [0.2, 0.25) is 0 Å². The largest absolute Gasteiger partial charge is 0.444 e. The minimum absolute atomic E-state index is 0.144. The molecule has 0 bridgehead atoms. The van der Waals surface area contributed by atoms with E-state index < -0.39 is 23.9 Å². The second-order valence-corrected chi connectivity index (χ2v) is 6.10. The summed E-state index contributed by atoms with van der Waals surface area (Å²) in [7, 11) is 0. The van der Waals surface area contributed by atoms with Crippen LogP contribution in [-0.4, -0.2) is 46.0 Å². The first-order valence-electron chi connectivity index (χ1n) is 7.34. The van der Waals surface area contributed by atoms with Gasteiger partial charge in [-0.15, -0.1) is 0 Å². The molecule has 0 spiro atoms. The van der Waals surface area contributed by atoms with Gasteiger partial charge in [-0.3, -0.25) is 0 Å². The van der Waals surface area contributed by atoms with Crippen LogP contribution in [0.1, 0.15) is 44.4 Å². The highest BCUT2D eigenvalue weighted by Gasteiger charge is 2.21. The Morgan fingerprint density at radius 2 is 2.00 bits per heavy atom. The molecule has 7 nitrogen and oxygen atoms in total. The van der Waals surface area contributed by atoms with E-state index in [1.165, 1.54) is 6.21 Å². The first kappa shape index (κ1) is 18.9. The van der Waals surface area contributed by atoms with Crippen LogP contribution in [0.25, 0.3) is 0 Å². The van der Waals surface area contributed by atoms with Gasteiger partial charge in [-0.05, 0) is 32.8 Å². The van der Waals surface area contributed by atoms with Crippen LogP contribution in [0, 0.1) is 0 Å². The first-order valence-corrected chi connectivity index (χ1v) is 7.34. The molecule has 0 radical (unpaired) electrons. The van der Waals surface area contributed by atoms with Crippen molar-refractivity contribution >= 4 is 12.3 Å². The molecule has 1 amide bonds. The van der Waals surface area contributed by atoms with Crippen LogP contribution in [0.2, 0.25) is 0 Å². The highest BCUT2D eigenvalue weighted by atomic mass is 16.6. The Balaban J connectivity index is 2.55. The highest BCUT2D eigenvalue weighted by molar-refractivity contribution is 5.81. The van der Waals surface area contributed by atoms with Gasteiger partial charge in [-0.1, -0.05) is 29.4 Å². The van der Waals surface area contributed by atoms with Crippen molar-refractivity contribution in [3.05, 3.63) is 35.4 Å². The Morgan fingerprint density at radius 3 is 2.61 bits per heavy atom. The van der Waals surface area contributed by atoms with E-state index in [0.29, 0.717) is 11.1 Å². The smallest absolute Gasteiger partial charge is 0.407 e. The van der Waals surface area contributed by atoms with Crippen molar-refractivity contribution in [3.8, 4) is 0 Å². The monoisotopic (exact) mass is 324 g/mol. The SMILES string of the molecule is CC(C)(C)OC(=O)NCCC(O)C(O)c1ccccc1C=NO. The van der Waals surface area contributed by atoms with Crippen LogP contribution < -0.4 is 5.32 Å². The second kappa shape index (κ2) is 8.50. The standard InChI is InChI=1S/C16H24N2O5/c1-16(2,3)23-15(21)17-9-8-13(19)14(20)12-7-5-4-6-11(12)10-18-22/h4-7,10,13-14,19-20,22H,8-9H2,1-3H3,(H,17,21). The third-order valence-electron chi connectivity index (χ3n) is 2.98.